The summed E-state index contributed by atoms with van der Waals surface area (Å²) >= 11 is 0. The first-order valence-corrected chi connectivity index (χ1v) is 7.65. The summed E-state index contributed by atoms with van der Waals surface area (Å²) < 4.78 is 32.5. The van der Waals surface area contributed by atoms with E-state index in [9.17, 15) is 8.78 Å². The summed E-state index contributed by atoms with van der Waals surface area (Å²) in [4.78, 5) is 2.26. The molecule has 2 N–H and O–H groups in total. The number of nitrogens with zero attached hydrogens (tertiary/aromatic N) is 1. The number of hydrogen-bond acceptors (Lipinski definition) is 3. The van der Waals surface area contributed by atoms with Gasteiger partial charge in [-0.05, 0) is 31.9 Å². The Bertz CT molecular complexity index is 450. The summed E-state index contributed by atoms with van der Waals surface area (Å²) in [6.45, 7) is 5.47. The van der Waals surface area contributed by atoms with E-state index in [0.29, 0.717) is 12.5 Å². The van der Waals surface area contributed by atoms with Crippen molar-refractivity contribution in [3.63, 3.8) is 0 Å². The predicted octanol–water partition coefficient (Wildman–Crippen LogP) is 2.86. The third kappa shape index (κ3) is 4.46. The largest absolute Gasteiger partial charge is 0.377 e. The first-order valence-electron chi connectivity index (χ1n) is 7.65. The Morgan fingerprint density at radius 3 is 2.90 bits per heavy atom. The molecule has 0 aliphatic carbocycles. The molecule has 1 aromatic carbocycles. The SMILES string of the molecule is CCN(CCC(N)c1cccc(F)c1F)CC1CCCO1. The van der Waals surface area contributed by atoms with Gasteiger partial charge in [0.2, 0.25) is 0 Å². The zero-order valence-corrected chi connectivity index (χ0v) is 12.5. The molecule has 2 atom stereocenters. The van der Waals surface area contributed by atoms with E-state index in [1.54, 1.807) is 6.07 Å². The van der Waals surface area contributed by atoms with Crippen LogP contribution >= 0.6 is 0 Å². The van der Waals surface area contributed by atoms with Crippen LogP contribution in [0.5, 0.6) is 0 Å². The highest BCUT2D eigenvalue weighted by molar-refractivity contribution is 5.22. The summed E-state index contributed by atoms with van der Waals surface area (Å²) in [5.41, 5.74) is 6.26. The van der Waals surface area contributed by atoms with Crippen LogP contribution in [0.1, 0.15) is 37.8 Å². The van der Waals surface area contributed by atoms with Crippen LogP contribution < -0.4 is 5.73 Å². The van der Waals surface area contributed by atoms with Crippen LogP contribution in [-0.4, -0.2) is 37.2 Å². The van der Waals surface area contributed by atoms with Crippen LogP contribution in [-0.2, 0) is 4.74 Å². The molecule has 2 rings (SSSR count). The lowest BCUT2D eigenvalue weighted by molar-refractivity contribution is 0.0738. The van der Waals surface area contributed by atoms with Gasteiger partial charge in [-0.15, -0.1) is 0 Å². The minimum atomic E-state index is -0.838. The van der Waals surface area contributed by atoms with E-state index in [1.807, 2.05) is 0 Å². The molecule has 0 radical (unpaired) electrons. The smallest absolute Gasteiger partial charge is 0.163 e. The number of benzene rings is 1. The minimum absolute atomic E-state index is 0.253. The molecule has 0 saturated carbocycles. The number of rotatable bonds is 7. The second-order valence-corrected chi connectivity index (χ2v) is 5.57. The van der Waals surface area contributed by atoms with Gasteiger partial charge in [-0.2, -0.15) is 0 Å². The van der Waals surface area contributed by atoms with Gasteiger partial charge in [-0.25, -0.2) is 8.78 Å². The van der Waals surface area contributed by atoms with Crippen LogP contribution in [0.4, 0.5) is 8.78 Å². The number of likely N-dealkylation sites (N-methyl/N-ethyl adjacent to an activating group) is 1. The zero-order chi connectivity index (χ0) is 15.2. The number of ether oxygens (including phenoxy) is 1. The Morgan fingerprint density at radius 1 is 1.43 bits per heavy atom. The highest BCUT2D eigenvalue weighted by atomic mass is 19.2. The summed E-state index contributed by atoms with van der Waals surface area (Å²) in [6, 6.07) is 3.68. The minimum Gasteiger partial charge on any atom is -0.377 e. The van der Waals surface area contributed by atoms with E-state index >= 15 is 0 Å². The third-order valence-electron chi connectivity index (χ3n) is 4.07. The summed E-state index contributed by atoms with van der Waals surface area (Å²) in [5.74, 6) is -1.66. The molecule has 3 nitrogen and oxygen atoms in total. The van der Waals surface area contributed by atoms with Crippen molar-refractivity contribution in [2.24, 2.45) is 5.73 Å². The molecule has 0 bridgehead atoms. The van der Waals surface area contributed by atoms with Crippen LogP contribution in [0.25, 0.3) is 0 Å². The van der Waals surface area contributed by atoms with Crippen LogP contribution in [0.3, 0.4) is 0 Å². The molecule has 1 aliphatic heterocycles. The van der Waals surface area contributed by atoms with Crippen LogP contribution in [0, 0.1) is 11.6 Å². The molecule has 1 heterocycles. The molecule has 118 valence electrons. The Labute approximate surface area is 125 Å². The van der Waals surface area contributed by atoms with E-state index in [0.717, 1.165) is 45.1 Å². The molecule has 1 aliphatic rings. The Hall–Kier alpha value is -1.04. The van der Waals surface area contributed by atoms with Crippen molar-refractivity contribution in [3.8, 4) is 0 Å². The van der Waals surface area contributed by atoms with Crippen molar-refractivity contribution in [1.29, 1.82) is 0 Å². The molecule has 0 spiro atoms. The first kappa shape index (κ1) is 16.3. The van der Waals surface area contributed by atoms with E-state index in [4.69, 9.17) is 10.5 Å². The molecule has 0 amide bonds. The predicted molar refractivity (Wildman–Crippen MR) is 79.0 cm³/mol. The molecular formula is C16H24F2N2O. The molecule has 5 heteroatoms. The van der Waals surface area contributed by atoms with Crippen molar-refractivity contribution in [3.05, 3.63) is 35.4 Å². The number of nitrogens with two attached hydrogens (primary N) is 1. The van der Waals surface area contributed by atoms with Gasteiger partial charge in [-0.1, -0.05) is 19.1 Å². The Kier molecular flexibility index (Phi) is 6.08. The maximum Gasteiger partial charge on any atom is 0.163 e. The fraction of sp³-hybridized carbons (Fsp3) is 0.625. The molecule has 1 saturated heterocycles. The molecule has 1 fully saturated rings. The second kappa shape index (κ2) is 7.82. The highest BCUT2D eigenvalue weighted by Gasteiger charge is 2.20. The fourth-order valence-electron chi connectivity index (χ4n) is 2.74. The van der Waals surface area contributed by atoms with Gasteiger partial charge in [-0.3, -0.25) is 0 Å². The van der Waals surface area contributed by atoms with Crippen LogP contribution in [0.15, 0.2) is 18.2 Å². The summed E-state index contributed by atoms with van der Waals surface area (Å²) in [6.07, 6.45) is 3.12. The van der Waals surface area contributed by atoms with Gasteiger partial charge in [0.15, 0.2) is 11.6 Å². The standard InChI is InChI=1S/C16H24F2N2O/c1-2-20(11-12-5-4-10-21-12)9-8-15(19)13-6-3-7-14(17)16(13)18/h3,6-7,12,15H,2,4-5,8-11,19H2,1H3. The molecule has 1 aromatic rings. The van der Waals surface area contributed by atoms with Crippen LogP contribution in [0.2, 0.25) is 0 Å². The average molecular weight is 298 g/mol. The normalized spacial score (nSPS) is 20.1. The van der Waals surface area contributed by atoms with Gasteiger partial charge < -0.3 is 15.4 Å². The van der Waals surface area contributed by atoms with E-state index in [-0.39, 0.29) is 5.56 Å². The Morgan fingerprint density at radius 2 is 2.24 bits per heavy atom. The summed E-state index contributed by atoms with van der Waals surface area (Å²) in [7, 11) is 0. The molecule has 0 aromatic heterocycles. The van der Waals surface area contributed by atoms with Gasteiger partial charge in [0.05, 0.1) is 6.10 Å². The van der Waals surface area contributed by atoms with Gasteiger partial charge in [0, 0.05) is 31.3 Å². The van der Waals surface area contributed by atoms with Gasteiger partial charge in [0.25, 0.3) is 0 Å². The average Bonchev–Trinajstić information content (AvgIpc) is 2.99. The van der Waals surface area contributed by atoms with E-state index in [1.165, 1.54) is 6.07 Å². The zero-order valence-electron chi connectivity index (χ0n) is 12.5. The van der Waals surface area contributed by atoms with E-state index in [2.05, 4.69) is 11.8 Å². The molecular weight excluding hydrogens is 274 g/mol. The monoisotopic (exact) mass is 298 g/mol. The maximum absolute atomic E-state index is 13.7. The quantitative estimate of drug-likeness (QED) is 0.841. The highest BCUT2D eigenvalue weighted by Crippen LogP contribution is 2.21. The third-order valence-corrected chi connectivity index (χ3v) is 4.07. The van der Waals surface area contributed by atoms with E-state index < -0.39 is 17.7 Å². The van der Waals surface area contributed by atoms with Crippen molar-refractivity contribution in [2.45, 2.75) is 38.3 Å². The second-order valence-electron chi connectivity index (χ2n) is 5.57. The fourth-order valence-corrected chi connectivity index (χ4v) is 2.74. The lowest BCUT2D eigenvalue weighted by atomic mass is 10.0. The van der Waals surface area contributed by atoms with Gasteiger partial charge in [0.1, 0.15) is 0 Å². The van der Waals surface area contributed by atoms with Gasteiger partial charge >= 0.3 is 0 Å². The van der Waals surface area contributed by atoms with Crippen molar-refractivity contribution < 1.29 is 13.5 Å². The first-order chi connectivity index (χ1) is 10.1. The topological polar surface area (TPSA) is 38.5 Å². The van der Waals surface area contributed by atoms with Crippen molar-refractivity contribution >= 4 is 0 Å². The molecule has 21 heavy (non-hydrogen) atoms. The lowest BCUT2D eigenvalue weighted by Crippen LogP contribution is -2.34. The Balaban J connectivity index is 1.86. The maximum atomic E-state index is 13.7. The van der Waals surface area contributed by atoms with Crippen molar-refractivity contribution in [2.75, 3.05) is 26.2 Å². The molecule has 2 unspecified atom stereocenters. The number of hydrogen-bond donors (Lipinski definition) is 1. The lowest BCUT2D eigenvalue weighted by Gasteiger charge is -2.25. The number of halogens is 2. The summed E-state index contributed by atoms with van der Waals surface area (Å²) in [5, 5.41) is 0. The van der Waals surface area contributed by atoms with Crippen molar-refractivity contribution in [1.82, 2.24) is 4.90 Å².